The van der Waals surface area contributed by atoms with Crippen LogP contribution in [0.25, 0.3) is 0 Å². The molecule has 8 atom stereocenters. The predicted octanol–water partition coefficient (Wildman–Crippen LogP) is 2.93. The van der Waals surface area contributed by atoms with E-state index in [0.717, 1.165) is 0 Å². The van der Waals surface area contributed by atoms with Crippen LogP contribution in [0.5, 0.6) is 0 Å². The van der Waals surface area contributed by atoms with Crippen LogP contribution in [-0.4, -0.2) is 69.8 Å². The Labute approximate surface area is 213 Å². The number of aliphatic hydroxyl groups excluding tert-OH is 1. The van der Waals surface area contributed by atoms with Crippen molar-refractivity contribution in [2.24, 2.45) is 5.92 Å². The molecule has 2 rings (SSSR count). The third-order valence-corrected chi connectivity index (χ3v) is 7.40. The van der Waals surface area contributed by atoms with Gasteiger partial charge in [0.25, 0.3) is 0 Å². The lowest BCUT2D eigenvalue weighted by Gasteiger charge is -2.42. The molecule has 36 heavy (non-hydrogen) atoms. The quantitative estimate of drug-likeness (QED) is 0.183. The lowest BCUT2D eigenvalue weighted by atomic mass is 9.75. The molecule has 9 nitrogen and oxygen atoms in total. The van der Waals surface area contributed by atoms with Crippen molar-refractivity contribution in [3.8, 4) is 0 Å². The van der Waals surface area contributed by atoms with Gasteiger partial charge in [-0.1, -0.05) is 24.3 Å². The number of esters is 3. The Hall–Kier alpha value is -2.49. The maximum atomic E-state index is 12.8. The molecular weight excluding hydrogens is 468 g/mol. The number of carbonyl (C=O) groups is 3. The van der Waals surface area contributed by atoms with Gasteiger partial charge in [0, 0.05) is 30.4 Å². The first-order valence-corrected chi connectivity index (χ1v) is 12.2. The Morgan fingerprint density at radius 1 is 0.944 bits per heavy atom. The highest BCUT2D eigenvalue weighted by Gasteiger charge is 2.66. The molecule has 0 aromatic carbocycles. The topological polar surface area (TPSA) is 132 Å². The smallest absolute Gasteiger partial charge is 0.333 e. The Kier molecular flexibility index (Phi) is 9.31. The van der Waals surface area contributed by atoms with E-state index in [2.05, 4.69) is 6.58 Å². The first kappa shape index (κ1) is 29.7. The van der Waals surface area contributed by atoms with Crippen molar-refractivity contribution in [1.29, 1.82) is 0 Å². The van der Waals surface area contributed by atoms with Crippen molar-refractivity contribution >= 4 is 17.9 Å². The van der Waals surface area contributed by atoms with Gasteiger partial charge in [0.15, 0.2) is 6.10 Å². The fourth-order valence-corrected chi connectivity index (χ4v) is 4.43. The van der Waals surface area contributed by atoms with Crippen LogP contribution in [-0.2, 0) is 33.3 Å². The van der Waals surface area contributed by atoms with Gasteiger partial charge in [0.1, 0.15) is 23.4 Å². The fraction of sp³-hybridized carbons (Fsp3) is 0.667. The van der Waals surface area contributed by atoms with Gasteiger partial charge in [-0.25, -0.2) is 9.59 Å². The van der Waals surface area contributed by atoms with Crippen LogP contribution in [0.2, 0.25) is 0 Å². The van der Waals surface area contributed by atoms with Crippen molar-refractivity contribution in [3.05, 3.63) is 35.5 Å². The Morgan fingerprint density at radius 3 is 1.94 bits per heavy atom. The van der Waals surface area contributed by atoms with E-state index < -0.39 is 65.5 Å². The van der Waals surface area contributed by atoms with E-state index in [-0.39, 0.29) is 12.8 Å². The largest absolute Gasteiger partial charge is 0.456 e. The number of carbonyl (C=O) groups excluding carboxylic acids is 3. The Bertz CT molecular complexity index is 947. The van der Waals surface area contributed by atoms with Crippen LogP contribution in [0.4, 0.5) is 0 Å². The van der Waals surface area contributed by atoms with Gasteiger partial charge in [-0.05, 0) is 54.9 Å². The standard InChI is InChI=1S/C27H40O9/c1-10-15(5)24(30)34-20-13-21-27(9,36-21)23(33-17(7)28)22(35-25(31)16(6)11-2)18(14(3)4)12-19(29)26(20,8)32/h10-11,18-23,29,32H,3,12-13H2,1-2,4-9H3/b15-10-,16-11-/t18-,19-,20+,21-,22+,23+,26+,27-/m1/s1. The van der Waals surface area contributed by atoms with Gasteiger partial charge in [0.05, 0.1) is 12.2 Å². The molecule has 0 radical (unpaired) electrons. The van der Waals surface area contributed by atoms with Crippen LogP contribution < -0.4 is 0 Å². The molecule has 9 heteroatoms. The summed E-state index contributed by atoms with van der Waals surface area (Å²) in [5, 5.41) is 22.6. The summed E-state index contributed by atoms with van der Waals surface area (Å²) in [6, 6.07) is 0. The van der Waals surface area contributed by atoms with Crippen LogP contribution in [0, 0.1) is 5.92 Å². The molecule has 0 spiro atoms. The summed E-state index contributed by atoms with van der Waals surface area (Å²) in [4.78, 5) is 37.5. The zero-order chi connectivity index (χ0) is 27.6. The maximum Gasteiger partial charge on any atom is 0.333 e. The van der Waals surface area contributed by atoms with Crippen molar-refractivity contribution in [1.82, 2.24) is 0 Å². The molecule has 1 heterocycles. The number of epoxide rings is 1. The monoisotopic (exact) mass is 508 g/mol. The fourth-order valence-electron chi connectivity index (χ4n) is 4.43. The van der Waals surface area contributed by atoms with Crippen molar-refractivity contribution in [2.45, 2.75) is 110 Å². The molecule has 2 aliphatic rings. The lowest BCUT2D eigenvalue weighted by Crippen LogP contribution is -2.57. The van der Waals surface area contributed by atoms with E-state index in [0.29, 0.717) is 16.7 Å². The molecule has 1 aliphatic heterocycles. The zero-order valence-corrected chi connectivity index (χ0v) is 22.5. The molecule has 0 aromatic heterocycles. The van der Waals surface area contributed by atoms with E-state index in [9.17, 15) is 24.6 Å². The third kappa shape index (κ3) is 6.25. The number of hydrogen-bond donors (Lipinski definition) is 2. The first-order chi connectivity index (χ1) is 16.6. The summed E-state index contributed by atoms with van der Waals surface area (Å²) in [7, 11) is 0. The van der Waals surface area contributed by atoms with Gasteiger partial charge < -0.3 is 29.2 Å². The van der Waals surface area contributed by atoms with Gasteiger partial charge >= 0.3 is 17.9 Å². The molecule has 1 saturated heterocycles. The van der Waals surface area contributed by atoms with Crippen LogP contribution >= 0.6 is 0 Å². The van der Waals surface area contributed by atoms with Gasteiger partial charge in [-0.2, -0.15) is 0 Å². The van der Waals surface area contributed by atoms with Gasteiger partial charge in [0.2, 0.25) is 0 Å². The third-order valence-electron chi connectivity index (χ3n) is 7.40. The van der Waals surface area contributed by atoms with Gasteiger partial charge in [-0.15, -0.1) is 0 Å². The minimum atomic E-state index is -1.87. The number of allylic oxidation sites excluding steroid dienone is 2. The maximum absolute atomic E-state index is 12.8. The predicted molar refractivity (Wildman–Crippen MR) is 132 cm³/mol. The van der Waals surface area contributed by atoms with Crippen molar-refractivity contribution < 1.29 is 43.5 Å². The average Bonchev–Trinajstić information content (AvgIpc) is 3.46. The molecule has 0 aromatic rings. The summed E-state index contributed by atoms with van der Waals surface area (Å²) in [5.74, 6) is -2.57. The lowest BCUT2D eigenvalue weighted by molar-refractivity contribution is -0.187. The summed E-state index contributed by atoms with van der Waals surface area (Å²) < 4.78 is 23.2. The number of aliphatic hydroxyl groups is 2. The molecule has 0 unspecified atom stereocenters. The molecule has 202 valence electrons. The van der Waals surface area contributed by atoms with Crippen LogP contribution in [0.3, 0.4) is 0 Å². The molecule has 1 saturated carbocycles. The number of hydrogen-bond acceptors (Lipinski definition) is 9. The molecule has 1 aliphatic carbocycles. The number of rotatable bonds is 6. The Morgan fingerprint density at radius 2 is 1.47 bits per heavy atom. The second kappa shape index (κ2) is 11.3. The van der Waals surface area contributed by atoms with Crippen molar-refractivity contribution in [3.63, 3.8) is 0 Å². The Balaban J connectivity index is 2.60. The minimum absolute atomic E-state index is 0.0212. The summed E-state index contributed by atoms with van der Waals surface area (Å²) in [6.45, 7) is 16.6. The highest BCUT2D eigenvalue weighted by atomic mass is 16.7. The summed E-state index contributed by atoms with van der Waals surface area (Å²) >= 11 is 0. The number of ether oxygens (including phenoxy) is 4. The molecular formula is C27H40O9. The second-order valence-corrected chi connectivity index (χ2v) is 10.2. The van der Waals surface area contributed by atoms with Gasteiger partial charge in [-0.3, -0.25) is 4.79 Å². The highest BCUT2D eigenvalue weighted by molar-refractivity contribution is 5.88. The number of fused-ring (bicyclic) bond motifs is 1. The van der Waals surface area contributed by atoms with Crippen LogP contribution in [0.1, 0.15) is 68.2 Å². The molecule has 2 N–H and O–H groups in total. The van der Waals surface area contributed by atoms with E-state index in [4.69, 9.17) is 18.9 Å². The summed E-state index contributed by atoms with van der Waals surface area (Å²) in [6.07, 6.45) is -2.16. The van der Waals surface area contributed by atoms with E-state index >= 15 is 0 Å². The van der Waals surface area contributed by atoms with E-state index in [1.807, 2.05) is 0 Å². The zero-order valence-electron chi connectivity index (χ0n) is 22.5. The molecule has 2 fully saturated rings. The second-order valence-electron chi connectivity index (χ2n) is 10.2. The SMILES string of the molecule is C=C(C)[C@H]1C[C@@H](O)[C@](C)(O)[C@@H](OC(=O)/C(C)=C\C)C[C@H]2O[C@@]2(C)[C@@H](OC(C)=O)[C@H]1OC(=O)/C(C)=C\C. The molecule has 0 bridgehead atoms. The average molecular weight is 509 g/mol. The first-order valence-electron chi connectivity index (χ1n) is 12.2. The normalized spacial score (nSPS) is 37.3. The highest BCUT2D eigenvalue weighted by Crippen LogP contribution is 2.49. The summed E-state index contributed by atoms with van der Waals surface area (Å²) in [5.41, 5.74) is -1.73. The minimum Gasteiger partial charge on any atom is -0.456 e. The van der Waals surface area contributed by atoms with Crippen LogP contribution in [0.15, 0.2) is 35.5 Å². The van der Waals surface area contributed by atoms with E-state index in [1.165, 1.54) is 13.8 Å². The van der Waals surface area contributed by atoms with Crippen molar-refractivity contribution in [2.75, 3.05) is 0 Å². The molecule has 0 amide bonds. The van der Waals surface area contributed by atoms with E-state index in [1.54, 1.807) is 53.7 Å².